The highest BCUT2D eigenvalue weighted by atomic mass is 16.6. The number of fused-ring (bicyclic) bond motifs is 2. The van der Waals surface area contributed by atoms with Crippen LogP contribution in [0.2, 0.25) is 0 Å². The third-order valence-corrected chi connectivity index (χ3v) is 7.03. The van der Waals surface area contributed by atoms with Gasteiger partial charge in [-0.1, -0.05) is 25.1 Å². The zero-order valence-electron chi connectivity index (χ0n) is 20.5. The Labute approximate surface area is 206 Å². The molecule has 1 N–H and O–H groups in total. The summed E-state index contributed by atoms with van der Waals surface area (Å²) in [7, 11) is 1.62. The van der Waals surface area contributed by atoms with Crippen LogP contribution in [0.5, 0.6) is 17.4 Å². The number of piperidine rings is 1. The molecule has 0 bridgehead atoms. The number of benzene rings is 2. The van der Waals surface area contributed by atoms with E-state index in [4.69, 9.17) is 14.2 Å². The number of aryl methyl sites for hydroxylation is 1. The van der Waals surface area contributed by atoms with Crippen molar-refractivity contribution < 1.29 is 19.0 Å². The van der Waals surface area contributed by atoms with Gasteiger partial charge in [-0.25, -0.2) is 4.98 Å². The molecular weight excluding hydrogens is 442 g/mol. The van der Waals surface area contributed by atoms with Crippen LogP contribution in [0, 0.1) is 5.92 Å². The number of likely N-dealkylation sites (tertiary alicyclic amines) is 1. The number of carbonyl (C=O) groups excluding carboxylic acids is 1. The number of carbonyl (C=O) groups is 1. The predicted octanol–water partition coefficient (Wildman–Crippen LogP) is 4.47. The molecule has 0 saturated carbocycles. The Balaban J connectivity index is 1.17. The highest BCUT2D eigenvalue weighted by Crippen LogP contribution is 2.32. The summed E-state index contributed by atoms with van der Waals surface area (Å²) in [6.45, 7) is 6.14. The zero-order valence-corrected chi connectivity index (χ0v) is 20.5. The summed E-state index contributed by atoms with van der Waals surface area (Å²) >= 11 is 0. The topological polar surface area (TPSA) is 72.9 Å². The summed E-state index contributed by atoms with van der Waals surface area (Å²) in [6.07, 6.45) is 3.54. The molecule has 2 aliphatic rings. The van der Waals surface area contributed by atoms with E-state index in [1.807, 2.05) is 24.3 Å². The molecule has 35 heavy (non-hydrogen) atoms. The monoisotopic (exact) mass is 475 g/mol. The van der Waals surface area contributed by atoms with Gasteiger partial charge in [0.15, 0.2) is 11.5 Å². The molecule has 7 heteroatoms. The van der Waals surface area contributed by atoms with Gasteiger partial charge in [-0.3, -0.25) is 4.79 Å². The fourth-order valence-electron chi connectivity index (χ4n) is 4.97. The van der Waals surface area contributed by atoms with Crippen molar-refractivity contribution in [3.05, 3.63) is 53.6 Å². The number of nitrogens with one attached hydrogen (secondary N) is 1. The molecule has 0 unspecified atom stereocenters. The van der Waals surface area contributed by atoms with E-state index >= 15 is 0 Å². The first-order valence-corrected chi connectivity index (χ1v) is 12.5. The molecule has 1 fully saturated rings. The molecule has 1 aromatic heterocycles. The van der Waals surface area contributed by atoms with Gasteiger partial charge >= 0.3 is 0 Å². The van der Waals surface area contributed by atoms with Crippen LogP contribution in [0.15, 0.2) is 42.5 Å². The number of anilines is 1. The lowest BCUT2D eigenvalue weighted by molar-refractivity contribution is -0.121. The molecule has 1 saturated heterocycles. The lowest BCUT2D eigenvalue weighted by Gasteiger charge is -2.31. The lowest BCUT2D eigenvalue weighted by Crippen LogP contribution is -2.39. The van der Waals surface area contributed by atoms with Crippen molar-refractivity contribution >= 4 is 22.5 Å². The zero-order chi connectivity index (χ0) is 24.2. The van der Waals surface area contributed by atoms with Crippen LogP contribution in [-0.2, 0) is 17.6 Å². The average Bonchev–Trinajstić information content (AvgIpc) is 2.91. The molecule has 0 radical (unpaired) electrons. The number of pyridine rings is 1. The van der Waals surface area contributed by atoms with Gasteiger partial charge in [-0.15, -0.1) is 0 Å². The lowest BCUT2D eigenvalue weighted by atomic mass is 9.95. The van der Waals surface area contributed by atoms with Crippen molar-refractivity contribution in [2.45, 2.75) is 32.6 Å². The van der Waals surface area contributed by atoms with Crippen molar-refractivity contribution in [2.75, 3.05) is 45.3 Å². The number of hydrogen-bond donors (Lipinski definition) is 1. The number of amides is 1. The Morgan fingerprint density at radius 1 is 1.11 bits per heavy atom. The Morgan fingerprint density at radius 2 is 1.91 bits per heavy atom. The number of rotatable bonds is 7. The number of nitrogens with zero attached hydrogens (tertiary/aromatic N) is 2. The minimum atomic E-state index is 0.00653. The fourth-order valence-corrected chi connectivity index (χ4v) is 4.97. The van der Waals surface area contributed by atoms with Gasteiger partial charge in [-0.2, -0.15) is 0 Å². The third-order valence-electron chi connectivity index (χ3n) is 7.03. The van der Waals surface area contributed by atoms with Crippen LogP contribution < -0.4 is 19.5 Å². The molecular formula is C28H33N3O4. The summed E-state index contributed by atoms with van der Waals surface area (Å²) in [6, 6.07) is 14.1. The summed E-state index contributed by atoms with van der Waals surface area (Å²) in [4.78, 5) is 20.2. The van der Waals surface area contributed by atoms with E-state index in [0.717, 1.165) is 79.0 Å². The van der Waals surface area contributed by atoms with E-state index in [-0.39, 0.29) is 11.8 Å². The molecule has 1 amide bonds. The van der Waals surface area contributed by atoms with E-state index < -0.39 is 0 Å². The molecule has 7 nitrogen and oxygen atoms in total. The predicted molar refractivity (Wildman–Crippen MR) is 137 cm³/mol. The van der Waals surface area contributed by atoms with Crippen molar-refractivity contribution in [3.8, 4) is 17.4 Å². The van der Waals surface area contributed by atoms with Gasteiger partial charge in [0, 0.05) is 23.9 Å². The van der Waals surface area contributed by atoms with E-state index in [0.29, 0.717) is 19.1 Å². The molecule has 2 aromatic carbocycles. The fraction of sp³-hybridized carbons (Fsp3) is 0.429. The van der Waals surface area contributed by atoms with Crippen LogP contribution in [-0.4, -0.2) is 55.7 Å². The quantitative estimate of drug-likeness (QED) is 0.544. The number of methoxy groups -OCH3 is 1. The number of aromatic nitrogens is 1. The van der Waals surface area contributed by atoms with Crippen molar-refractivity contribution in [1.29, 1.82) is 0 Å². The highest BCUT2D eigenvalue weighted by molar-refractivity contribution is 6.02. The second-order valence-electron chi connectivity index (χ2n) is 9.21. The minimum absolute atomic E-state index is 0.00653. The van der Waals surface area contributed by atoms with Gasteiger partial charge in [-0.05, 0) is 68.1 Å². The maximum Gasteiger partial charge on any atom is 0.227 e. The number of para-hydroxylation sites is 1. The van der Waals surface area contributed by atoms with E-state index in [1.54, 1.807) is 7.11 Å². The van der Waals surface area contributed by atoms with E-state index in [2.05, 4.69) is 40.3 Å². The largest absolute Gasteiger partial charge is 0.486 e. The number of hydrogen-bond acceptors (Lipinski definition) is 6. The third kappa shape index (κ3) is 5.20. The van der Waals surface area contributed by atoms with Gasteiger partial charge in [0.1, 0.15) is 13.2 Å². The second-order valence-corrected chi connectivity index (χ2v) is 9.21. The molecule has 2 aliphatic heterocycles. The standard InChI is InChI=1S/C28H33N3O4/c1-3-20-18-26(33-2)30-27-22(20)5-4-6-23(27)29-28(32)21-10-13-31(14-11-21)12-9-19-7-8-24-25(17-19)35-16-15-34-24/h4-8,17-18,21H,3,9-16H2,1-2H3,(H,29,32). The highest BCUT2D eigenvalue weighted by Gasteiger charge is 2.25. The maximum absolute atomic E-state index is 13.1. The van der Waals surface area contributed by atoms with E-state index in [1.165, 1.54) is 5.56 Å². The molecule has 3 aromatic rings. The first-order valence-electron chi connectivity index (χ1n) is 12.5. The van der Waals surface area contributed by atoms with Crippen molar-refractivity contribution in [2.24, 2.45) is 5.92 Å². The van der Waals surface area contributed by atoms with Gasteiger partial charge in [0.05, 0.1) is 18.3 Å². The van der Waals surface area contributed by atoms with Crippen LogP contribution in [0.1, 0.15) is 30.9 Å². The first-order chi connectivity index (χ1) is 17.1. The molecule has 3 heterocycles. The molecule has 184 valence electrons. The summed E-state index contributed by atoms with van der Waals surface area (Å²) in [5.41, 5.74) is 3.95. The second kappa shape index (κ2) is 10.5. The Hall–Kier alpha value is -3.32. The number of ether oxygens (including phenoxy) is 3. The minimum Gasteiger partial charge on any atom is -0.486 e. The van der Waals surface area contributed by atoms with Crippen LogP contribution in [0.3, 0.4) is 0 Å². The van der Waals surface area contributed by atoms with Gasteiger partial charge in [0.2, 0.25) is 11.8 Å². The summed E-state index contributed by atoms with van der Waals surface area (Å²) < 4.78 is 16.7. The Kier molecular flexibility index (Phi) is 7.04. The first kappa shape index (κ1) is 23.4. The van der Waals surface area contributed by atoms with E-state index in [9.17, 15) is 4.79 Å². The molecule has 0 spiro atoms. The van der Waals surface area contributed by atoms with Crippen LogP contribution in [0.25, 0.3) is 10.9 Å². The smallest absolute Gasteiger partial charge is 0.227 e. The molecule has 5 rings (SSSR count). The normalized spacial score (nSPS) is 16.3. The Bertz CT molecular complexity index is 1200. The van der Waals surface area contributed by atoms with Gasteiger partial charge in [0.25, 0.3) is 0 Å². The van der Waals surface area contributed by atoms with Crippen molar-refractivity contribution in [1.82, 2.24) is 9.88 Å². The molecule has 0 aliphatic carbocycles. The van der Waals surface area contributed by atoms with Gasteiger partial charge < -0.3 is 24.4 Å². The van der Waals surface area contributed by atoms with Crippen LogP contribution >= 0.6 is 0 Å². The van der Waals surface area contributed by atoms with Crippen LogP contribution in [0.4, 0.5) is 5.69 Å². The SMILES string of the molecule is CCc1cc(OC)nc2c(NC(=O)C3CCN(CCc4ccc5c(c4)OCCO5)CC3)cccc12. The summed E-state index contributed by atoms with van der Waals surface area (Å²) in [5, 5.41) is 4.21. The summed E-state index contributed by atoms with van der Waals surface area (Å²) in [5.74, 6) is 2.33. The maximum atomic E-state index is 13.1. The Morgan fingerprint density at radius 3 is 2.69 bits per heavy atom. The molecule has 0 atom stereocenters. The average molecular weight is 476 g/mol. The van der Waals surface area contributed by atoms with Crippen molar-refractivity contribution in [3.63, 3.8) is 0 Å².